The molecule has 0 aliphatic carbocycles. The Balaban J connectivity index is 2.71. The van der Waals surface area contributed by atoms with Crippen LogP contribution < -0.4 is 10.1 Å². The standard InChI is InChI=1S/C15H25NO/c1-11(2)14-7-6-13(15(10-14)17-5)8-9-16-12(3)4/h6-7,10-12,16H,8-9H2,1-5H3. The fourth-order valence-electron chi connectivity index (χ4n) is 1.82. The zero-order valence-corrected chi connectivity index (χ0v) is 11.7. The molecular formula is C15H25NO. The summed E-state index contributed by atoms with van der Waals surface area (Å²) in [5.41, 5.74) is 2.62. The SMILES string of the molecule is COc1cc(C(C)C)ccc1CCNC(C)C. The third-order valence-corrected chi connectivity index (χ3v) is 2.92. The Morgan fingerprint density at radius 3 is 2.41 bits per heavy atom. The van der Waals surface area contributed by atoms with Gasteiger partial charge in [0.05, 0.1) is 7.11 Å². The van der Waals surface area contributed by atoms with E-state index < -0.39 is 0 Å². The number of hydrogen-bond acceptors (Lipinski definition) is 2. The molecule has 1 N–H and O–H groups in total. The van der Waals surface area contributed by atoms with Gasteiger partial charge in [-0.05, 0) is 36.1 Å². The van der Waals surface area contributed by atoms with E-state index >= 15 is 0 Å². The van der Waals surface area contributed by atoms with E-state index in [1.54, 1.807) is 7.11 Å². The van der Waals surface area contributed by atoms with Crippen LogP contribution in [-0.4, -0.2) is 19.7 Å². The Hall–Kier alpha value is -1.02. The summed E-state index contributed by atoms with van der Waals surface area (Å²) >= 11 is 0. The topological polar surface area (TPSA) is 21.3 Å². The first kappa shape index (κ1) is 14.0. The summed E-state index contributed by atoms with van der Waals surface area (Å²) < 4.78 is 5.47. The van der Waals surface area contributed by atoms with Crippen LogP contribution in [-0.2, 0) is 6.42 Å². The molecule has 1 aromatic carbocycles. The summed E-state index contributed by atoms with van der Waals surface area (Å²) in [6.07, 6.45) is 1.01. The third-order valence-electron chi connectivity index (χ3n) is 2.92. The summed E-state index contributed by atoms with van der Waals surface area (Å²) in [4.78, 5) is 0. The van der Waals surface area contributed by atoms with Crippen LogP contribution in [0.2, 0.25) is 0 Å². The van der Waals surface area contributed by atoms with Gasteiger partial charge in [-0.15, -0.1) is 0 Å². The van der Waals surface area contributed by atoms with Crippen molar-refractivity contribution in [3.63, 3.8) is 0 Å². The molecule has 1 rings (SSSR count). The average Bonchev–Trinajstić information content (AvgIpc) is 2.28. The lowest BCUT2D eigenvalue weighted by Gasteiger charge is -2.13. The van der Waals surface area contributed by atoms with Gasteiger partial charge in [0.1, 0.15) is 5.75 Å². The van der Waals surface area contributed by atoms with E-state index in [0.29, 0.717) is 12.0 Å². The second kappa shape index (κ2) is 6.65. The maximum Gasteiger partial charge on any atom is 0.122 e. The van der Waals surface area contributed by atoms with Gasteiger partial charge in [0.15, 0.2) is 0 Å². The van der Waals surface area contributed by atoms with Crippen molar-refractivity contribution in [2.24, 2.45) is 0 Å². The predicted molar refractivity (Wildman–Crippen MR) is 73.9 cm³/mol. The second-order valence-electron chi connectivity index (χ2n) is 5.08. The molecule has 0 atom stereocenters. The highest BCUT2D eigenvalue weighted by Crippen LogP contribution is 2.24. The van der Waals surface area contributed by atoms with E-state index in [1.165, 1.54) is 11.1 Å². The molecule has 0 heterocycles. The first-order valence-electron chi connectivity index (χ1n) is 6.44. The van der Waals surface area contributed by atoms with Crippen LogP contribution in [0.5, 0.6) is 5.75 Å². The second-order valence-corrected chi connectivity index (χ2v) is 5.08. The van der Waals surface area contributed by atoms with E-state index in [2.05, 4.69) is 51.2 Å². The normalized spacial score (nSPS) is 11.2. The largest absolute Gasteiger partial charge is 0.496 e. The van der Waals surface area contributed by atoms with Gasteiger partial charge in [-0.25, -0.2) is 0 Å². The highest BCUT2D eigenvalue weighted by atomic mass is 16.5. The highest BCUT2D eigenvalue weighted by molar-refractivity contribution is 5.38. The van der Waals surface area contributed by atoms with Crippen molar-refractivity contribution >= 4 is 0 Å². The minimum absolute atomic E-state index is 0.538. The smallest absolute Gasteiger partial charge is 0.122 e. The van der Waals surface area contributed by atoms with Crippen LogP contribution >= 0.6 is 0 Å². The Kier molecular flexibility index (Phi) is 5.49. The molecule has 1 aromatic rings. The van der Waals surface area contributed by atoms with Crippen molar-refractivity contribution in [3.8, 4) is 5.75 Å². The third kappa shape index (κ3) is 4.39. The molecule has 0 aliphatic heterocycles. The first-order valence-corrected chi connectivity index (χ1v) is 6.44. The van der Waals surface area contributed by atoms with E-state index in [4.69, 9.17) is 4.74 Å². The minimum atomic E-state index is 0.538. The summed E-state index contributed by atoms with van der Waals surface area (Å²) in [7, 11) is 1.75. The summed E-state index contributed by atoms with van der Waals surface area (Å²) in [6.45, 7) is 9.73. The number of benzene rings is 1. The molecule has 0 fully saturated rings. The summed E-state index contributed by atoms with van der Waals surface area (Å²) in [5, 5.41) is 3.43. The van der Waals surface area contributed by atoms with Crippen LogP contribution in [0.25, 0.3) is 0 Å². The van der Waals surface area contributed by atoms with Gasteiger partial charge in [0.25, 0.3) is 0 Å². The van der Waals surface area contributed by atoms with Crippen LogP contribution in [0.15, 0.2) is 18.2 Å². The van der Waals surface area contributed by atoms with Crippen molar-refractivity contribution in [2.45, 2.75) is 46.1 Å². The van der Waals surface area contributed by atoms with Gasteiger partial charge in [0, 0.05) is 6.04 Å². The number of ether oxygens (including phenoxy) is 1. The number of nitrogens with one attached hydrogen (secondary N) is 1. The lowest BCUT2D eigenvalue weighted by Crippen LogP contribution is -2.25. The van der Waals surface area contributed by atoms with Gasteiger partial charge in [-0.2, -0.15) is 0 Å². The van der Waals surface area contributed by atoms with Crippen LogP contribution in [0.1, 0.15) is 44.7 Å². The zero-order chi connectivity index (χ0) is 12.8. The van der Waals surface area contributed by atoms with Crippen LogP contribution in [0.4, 0.5) is 0 Å². The minimum Gasteiger partial charge on any atom is -0.496 e. The van der Waals surface area contributed by atoms with Crippen molar-refractivity contribution < 1.29 is 4.74 Å². The number of hydrogen-bond donors (Lipinski definition) is 1. The van der Waals surface area contributed by atoms with E-state index in [0.717, 1.165) is 18.7 Å². The molecule has 0 amide bonds. The molecule has 0 saturated heterocycles. The van der Waals surface area contributed by atoms with Crippen LogP contribution in [0.3, 0.4) is 0 Å². The molecule has 0 aromatic heterocycles. The molecule has 2 nitrogen and oxygen atoms in total. The molecular weight excluding hydrogens is 210 g/mol. The predicted octanol–water partition coefficient (Wildman–Crippen LogP) is 3.36. The van der Waals surface area contributed by atoms with Gasteiger partial charge < -0.3 is 10.1 Å². The quantitative estimate of drug-likeness (QED) is 0.816. The highest BCUT2D eigenvalue weighted by Gasteiger charge is 2.06. The van der Waals surface area contributed by atoms with Gasteiger partial charge in [-0.1, -0.05) is 39.8 Å². The van der Waals surface area contributed by atoms with E-state index in [1.807, 2.05) is 0 Å². The molecule has 2 heteroatoms. The molecule has 96 valence electrons. The Morgan fingerprint density at radius 2 is 1.88 bits per heavy atom. The van der Waals surface area contributed by atoms with Gasteiger partial charge in [-0.3, -0.25) is 0 Å². The molecule has 0 saturated carbocycles. The summed E-state index contributed by atoms with van der Waals surface area (Å²) in [5.74, 6) is 1.56. The lowest BCUT2D eigenvalue weighted by molar-refractivity contribution is 0.408. The zero-order valence-electron chi connectivity index (χ0n) is 11.7. The number of rotatable bonds is 6. The van der Waals surface area contributed by atoms with Crippen molar-refractivity contribution in [1.29, 1.82) is 0 Å². The van der Waals surface area contributed by atoms with Gasteiger partial charge >= 0.3 is 0 Å². The van der Waals surface area contributed by atoms with E-state index in [-0.39, 0.29) is 0 Å². The molecule has 0 unspecified atom stereocenters. The monoisotopic (exact) mass is 235 g/mol. The summed E-state index contributed by atoms with van der Waals surface area (Å²) in [6, 6.07) is 7.10. The van der Waals surface area contributed by atoms with Crippen LogP contribution in [0, 0.1) is 0 Å². The molecule has 0 aliphatic rings. The number of methoxy groups -OCH3 is 1. The fraction of sp³-hybridized carbons (Fsp3) is 0.600. The van der Waals surface area contributed by atoms with Gasteiger partial charge in [0.2, 0.25) is 0 Å². The van der Waals surface area contributed by atoms with Crippen molar-refractivity contribution in [1.82, 2.24) is 5.32 Å². The first-order chi connectivity index (χ1) is 8.04. The fourth-order valence-corrected chi connectivity index (χ4v) is 1.82. The average molecular weight is 235 g/mol. The molecule has 0 radical (unpaired) electrons. The molecule has 0 bridgehead atoms. The van der Waals surface area contributed by atoms with Crippen molar-refractivity contribution in [2.75, 3.05) is 13.7 Å². The Bertz CT molecular complexity index is 345. The lowest BCUT2D eigenvalue weighted by atomic mass is 10.00. The maximum atomic E-state index is 5.47. The Morgan fingerprint density at radius 1 is 1.18 bits per heavy atom. The molecule has 17 heavy (non-hydrogen) atoms. The van der Waals surface area contributed by atoms with E-state index in [9.17, 15) is 0 Å². The Labute approximate surface area is 105 Å². The van der Waals surface area contributed by atoms with Crippen molar-refractivity contribution in [3.05, 3.63) is 29.3 Å². The maximum absolute atomic E-state index is 5.47. The molecule has 0 spiro atoms.